The predicted molar refractivity (Wildman–Crippen MR) is 110 cm³/mol. The van der Waals surface area contributed by atoms with Crippen molar-refractivity contribution in [3.63, 3.8) is 0 Å². The molecule has 0 saturated carbocycles. The fourth-order valence-electron chi connectivity index (χ4n) is 2.75. The van der Waals surface area contributed by atoms with Crippen LogP contribution in [-0.4, -0.2) is 69.5 Å². The number of hydrogen-bond donors (Lipinski definition) is 0. The molecule has 0 spiro atoms. The molecular formula is C20H34O10Si. The van der Waals surface area contributed by atoms with Gasteiger partial charge in [0.15, 0.2) is 20.5 Å². The molecule has 11 heteroatoms. The molecule has 1 aliphatic heterocycles. The lowest BCUT2D eigenvalue weighted by Gasteiger charge is -2.45. The summed E-state index contributed by atoms with van der Waals surface area (Å²) >= 11 is 0. The number of carbonyl (C=O) groups excluding carboxylic acids is 4. The maximum atomic E-state index is 11.8. The van der Waals surface area contributed by atoms with Gasteiger partial charge < -0.3 is 28.1 Å². The van der Waals surface area contributed by atoms with Crippen LogP contribution in [-0.2, 0) is 47.3 Å². The number of hydrogen-bond acceptors (Lipinski definition) is 10. The summed E-state index contributed by atoms with van der Waals surface area (Å²) in [5, 5.41) is -0.108. The molecule has 0 radical (unpaired) electrons. The third kappa shape index (κ3) is 7.89. The van der Waals surface area contributed by atoms with Gasteiger partial charge in [-0.25, -0.2) is 0 Å². The highest BCUT2D eigenvalue weighted by molar-refractivity contribution is 6.74. The van der Waals surface area contributed by atoms with Gasteiger partial charge in [-0.3, -0.25) is 19.2 Å². The summed E-state index contributed by atoms with van der Waals surface area (Å²) in [4.78, 5) is 46.9. The van der Waals surface area contributed by atoms with E-state index in [4.69, 9.17) is 28.1 Å². The van der Waals surface area contributed by atoms with Gasteiger partial charge in [0.25, 0.3) is 0 Å². The summed E-state index contributed by atoms with van der Waals surface area (Å²) in [5.74, 6) is -2.78. The summed E-state index contributed by atoms with van der Waals surface area (Å²) in [6, 6.07) is 0. The van der Waals surface area contributed by atoms with Gasteiger partial charge in [0.2, 0.25) is 12.4 Å². The van der Waals surface area contributed by atoms with Crippen molar-refractivity contribution in [2.75, 3.05) is 6.61 Å². The van der Waals surface area contributed by atoms with Crippen LogP contribution in [0, 0.1) is 0 Å². The molecule has 10 nitrogen and oxygen atoms in total. The lowest BCUT2D eigenvalue weighted by Crippen LogP contribution is -2.63. The van der Waals surface area contributed by atoms with Crippen molar-refractivity contribution in [1.29, 1.82) is 0 Å². The number of carbonyl (C=O) groups is 4. The Kier molecular flexibility index (Phi) is 9.21. The third-order valence-electron chi connectivity index (χ3n) is 5.19. The summed E-state index contributed by atoms with van der Waals surface area (Å²) in [6.45, 7) is 14.9. The molecule has 0 aromatic carbocycles. The van der Waals surface area contributed by atoms with E-state index in [1.807, 2.05) is 13.1 Å². The molecule has 0 N–H and O–H groups in total. The molecule has 5 atom stereocenters. The van der Waals surface area contributed by atoms with Crippen LogP contribution < -0.4 is 0 Å². The number of rotatable bonds is 7. The first-order valence-electron chi connectivity index (χ1n) is 10.0. The first-order valence-corrected chi connectivity index (χ1v) is 12.9. The highest BCUT2D eigenvalue weighted by Crippen LogP contribution is 2.37. The largest absolute Gasteiger partial charge is 0.456 e. The molecule has 1 saturated heterocycles. The second-order valence-corrected chi connectivity index (χ2v) is 13.8. The van der Waals surface area contributed by atoms with Crippen LogP contribution in [0.25, 0.3) is 0 Å². The van der Waals surface area contributed by atoms with Crippen LogP contribution in [0.2, 0.25) is 18.1 Å². The van der Waals surface area contributed by atoms with E-state index in [0.717, 1.165) is 20.8 Å². The van der Waals surface area contributed by atoms with Gasteiger partial charge in [0.1, 0.15) is 6.10 Å². The molecule has 0 aromatic heterocycles. The third-order valence-corrected chi connectivity index (χ3v) is 9.69. The predicted octanol–water partition coefficient (Wildman–Crippen LogP) is 2.09. The molecule has 0 aromatic rings. The van der Waals surface area contributed by atoms with Crippen molar-refractivity contribution in [3.05, 3.63) is 0 Å². The van der Waals surface area contributed by atoms with Crippen molar-refractivity contribution >= 4 is 32.2 Å². The Morgan fingerprint density at radius 1 is 0.742 bits per heavy atom. The van der Waals surface area contributed by atoms with Crippen molar-refractivity contribution in [3.8, 4) is 0 Å². The Labute approximate surface area is 183 Å². The zero-order chi connectivity index (χ0) is 24.1. The van der Waals surface area contributed by atoms with E-state index in [0.29, 0.717) is 0 Å². The fraction of sp³-hybridized carbons (Fsp3) is 0.800. The Balaban J connectivity index is 3.34. The molecule has 1 heterocycles. The topological polar surface area (TPSA) is 124 Å². The van der Waals surface area contributed by atoms with Gasteiger partial charge in [-0.15, -0.1) is 0 Å². The average molecular weight is 463 g/mol. The van der Waals surface area contributed by atoms with Crippen LogP contribution in [0.15, 0.2) is 0 Å². The van der Waals surface area contributed by atoms with Gasteiger partial charge in [0.05, 0.1) is 6.61 Å². The van der Waals surface area contributed by atoms with Gasteiger partial charge >= 0.3 is 23.9 Å². The minimum Gasteiger partial charge on any atom is -0.456 e. The van der Waals surface area contributed by atoms with Gasteiger partial charge in [-0.1, -0.05) is 20.8 Å². The molecule has 0 amide bonds. The minimum atomic E-state index is -2.23. The minimum absolute atomic E-state index is 0.0171. The lowest BCUT2D eigenvalue weighted by molar-refractivity contribution is -0.299. The van der Waals surface area contributed by atoms with Crippen LogP contribution >= 0.6 is 0 Å². The lowest BCUT2D eigenvalue weighted by atomic mass is 9.98. The Hall–Kier alpha value is -1.98. The molecular weight excluding hydrogens is 428 g/mol. The molecule has 31 heavy (non-hydrogen) atoms. The van der Waals surface area contributed by atoms with E-state index in [9.17, 15) is 19.2 Å². The van der Waals surface area contributed by atoms with E-state index < -0.39 is 62.9 Å². The van der Waals surface area contributed by atoms with Crippen molar-refractivity contribution < 1.29 is 47.3 Å². The fourth-order valence-corrected chi connectivity index (χ4v) is 3.77. The summed E-state index contributed by atoms with van der Waals surface area (Å²) < 4.78 is 33.2. The molecule has 0 unspecified atom stereocenters. The Morgan fingerprint density at radius 3 is 1.58 bits per heavy atom. The summed E-state index contributed by atoms with van der Waals surface area (Å²) in [5.41, 5.74) is 0. The highest BCUT2D eigenvalue weighted by Gasteiger charge is 2.54. The smallest absolute Gasteiger partial charge is 0.305 e. The van der Waals surface area contributed by atoms with Gasteiger partial charge in [0, 0.05) is 27.7 Å². The van der Waals surface area contributed by atoms with Crippen LogP contribution in [0.4, 0.5) is 0 Å². The SMILES string of the molecule is CC(=O)O[C@H]1O[C@H](CO[Si](C)(C)C(C)(C)C)[C@@H](OC(C)=O)[C@H](OC(C)=O)[C@@H]1OC(C)=O. The number of ether oxygens (including phenoxy) is 5. The second-order valence-electron chi connectivity index (χ2n) is 8.95. The van der Waals surface area contributed by atoms with E-state index in [1.165, 1.54) is 6.92 Å². The zero-order valence-electron chi connectivity index (χ0n) is 19.7. The van der Waals surface area contributed by atoms with E-state index in [-0.39, 0.29) is 11.6 Å². The maximum absolute atomic E-state index is 11.8. The van der Waals surface area contributed by atoms with Crippen molar-refractivity contribution in [1.82, 2.24) is 0 Å². The Morgan fingerprint density at radius 2 is 1.16 bits per heavy atom. The van der Waals surface area contributed by atoms with Gasteiger partial charge in [-0.2, -0.15) is 0 Å². The standard InChI is InChI=1S/C20H34O10Si/c1-11(21)26-16-15(10-25-31(8,9)20(5,6)7)30-19(29-14(4)24)18(28-13(3)23)17(16)27-12(2)22/h15-19H,10H2,1-9H3/t15-,16-,17+,18+,19+/m1/s1. The second kappa shape index (κ2) is 10.6. The molecule has 1 rings (SSSR count). The first-order chi connectivity index (χ1) is 14.0. The van der Waals surface area contributed by atoms with Crippen molar-refractivity contribution in [2.45, 2.75) is 97.3 Å². The molecule has 0 aliphatic carbocycles. The number of esters is 4. The maximum Gasteiger partial charge on any atom is 0.305 e. The summed E-state index contributed by atoms with van der Waals surface area (Å²) in [7, 11) is -2.23. The van der Waals surface area contributed by atoms with Crippen LogP contribution in [0.3, 0.4) is 0 Å². The zero-order valence-corrected chi connectivity index (χ0v) is 20.7. The quantitative estimate of drug-likeness (QED) is 0.315. The van der Waals surface area contributed by atoms with Crippen LogP contribution in [0.5, 0.6) is 0 Å². The normalized spacial score (nSPS) is 26.5. The molecule has 1 aliphatic rings. The summed E-state index contributed by atoms with van der Waals surface area (Å²) in [6.07, 6.45) is -6.08. The van der Waals surface area contributed by atoms with Crippen LogP contribution in [0.1, 0.15) is 48.5 Å². The van der Waals surface area contributed by atoms with E-state index in [1.54, 1.807) is 0 Å². The molecule has 0 bridgehead atoms. The van der Waals surface area contributed by atoms with E-state index in [2.05, 4.69) is 20.8 Å². The first kappa shape index (κ1) is 27.1. The average Bonchev–Trinajstić information content (AvgIpc) is 2.56. The van der Waals surface area contributed by atoms with Crippen molar-refractivity contribution in [2.24, 2.45) is 0 Å². The Bertz CT molecular complexity index is 684. The molecule has 1 fully saturated rings. The monoisotopic (exact) mass is 462 g/mol. The van der Waals surface area contributed by atoms with E-state index >= 15 is 0 Å². The van der Waals surface area contributed by atoms with Gasteiger partial charge in [-0.05, 0) is 18.1 Å². The highest BCUT2D eigenvalue weighted by atomic mass is 28.4. The molecule has 178 valence electrons.